The maximum absolute atomic E-state index is 14.5. The first kappa shape index (κ1) is 15.7. The average molecular weight is 339 g/mol. The van der Waals surface area contributed by atoms with Crippen LogP contribution in [0.3, 0.4) is 0 Å². The summed E-state index contributed by atoms with van der Waals surface area (Å²) < 4.78 is 17.8. The van der Waals surface area contributed by atoms with Gasteiger partial charge in [-0.15, -0.1) is 0 Å². The van der Waals surface area contributed by atoms with Gasteiger partial charge < -0.3 is 5.11 Å². The van der Waals surface area contributed by atoms with Crippen LogP contribution in [0.15, 0.2) is 36.7 Å². The molecule has 0 radical (unpaired) electrons. The minimum absolute atomic E-state index is 0.282. The molecule has 0 spiro atoms. The summed E-state index contributed by atoms with van der Waals surface area (Å²) >= 11 is 0. The first-order valence-corrected chi connectivity index (χ1v) is 8.18. The average Bonchev–Trinajstić information content (AvgIpc) is 3.18. The Hall–Kier alpha value is -2.80. The lowest BCUT2D eigenvalue weighted by Gasteiger charge is -2.09. The summed E-state index contributed by atoms with van der Waals surface area (Å²) in [7, 11) is 1.79. The molecule has 4 rings (SSSR count). The Bertz CT molecular complexity index is 1070. The second kappa shape index (κ2) is 5.93. The smallest absolute Gasteiger partial charge is 0.153 e. The van der Waals surface area contributed by atoms with Gasteiger partial charge in [-0.3, -0.25) is 4.68 Å². The monoisotopic (exact) mass is 339 g/mol. The van der Waals surface area contributed by atoms with Crippen molar-refractivity contribution in [2.75, 3.05) is 0 Å². The van der Waals surface area contributed by atoms with Gasteiger partial charge in [0.15, 0.2) is 5.65 Å². The molecule has 4 aromatic rings. The molecule has 3 heterocycles. The molecule has 7 heteroatoms. The fourth-order valence-corrected chi connectivity index (χ4v) is 2.99. The van der Waals surface area contributed by atoms with Gasteiger partial charge in [0.25, 0.3) is 0 Å². The van der Waals surface area contributed by atoms with Crippen molar-refractivity contribution in [1.29, 1.82) is 0 Å². The van der Waals surface area contributed by atoms with E-state index in [0.29, 0.717) is 29.7 Å². The first-order valence-electron chi connectivity index (χ1n) is 8.18. The molecular formula is C18H18FN5O. The van der Waals surface area contributed by atoms with Crippen LogP contribution in [0.4, 0.5) is 4.39 Å². The van der Waals surface area contributed by atoms with Crippen LogP contribution in [-0.2, 0) is 13.5 Å². The lowest BCUT2D eigenvalue weighted by Crippen LogP contribution is -2.06. The molecule has 0 saturated heterocycles. The number of aromatic nitrogens is 5. The lowest BCUT2D eigenvalue weighted by atomic mass is 10.1. The highest BCUT2D eigenvalue weighted by Gasteiger charge is 2.14. The minimum Gasteiger partial charge on any atom is -0.387 e. The van der Waals surface area contributed by atoms with Gasteiger partial charge >= 0.3 is 0 Å². The number of fused-ring (bicyclic) bond motifs is 2. The zero-order valence-corrected chi connectivity index (χ0v) is 14.0. The Morgan fingerprint density at radius 1 is 1.24 bits per heavy atom. The van der Waals surface area contributed by atoms with Crippen molar-refractivity contribution in [1.82, 2.24) is 24.4 Å². The maximum Gasteiger partial charge on any atom is 0.153 e. The Labute approximate surface area is 143 Å². The Kier molecular flexibility index (Phi) is 3.73. The zero-order valence-electron chi connectivity index (χ0n) is 14.0. The number of aliphatic hydroxyl groups excluding tert-OH is 1. The van der Waals surface area contributed by atoms with E-state index in [1.807, 2.05) is 19.1 Å². The van der Waals surface area contributed by atoms with Crippen molar-refractivity contribution in [3.63, 3.8) is 0 Å². The number of halogens is 1. The van der Waals surface area contributed by atoms with Gasteiger partial charge in [-0.25, -0.2) is 13.9 Å². The summed E-state index contributed by atoms with van der Waals surface area (Å²) in [6.07, 6.45) is 3.73. The summed E-state index contributed by atoms with van der Waals surface area (Å²) in [5.74, 6) is -0.282. The van der Waals surface area contributed by atoms with Crippen molar-refractivity contribution < 1.29 is 9.50 Å². The van der Waals surface area contributed by atoms with Gasteiger partial charge in [0, 0.05) is 24.9 Å². The molecule has 1 atom stereocenters. The molecular weight excluding hydrogens is 321 g/mol. The number of imidazole rings is 1. The summed E-state index contributed by atoms with van der Waals surface area (Å²) in [5.41, 5.74) is 3.33. The fraction of sp³-hybridized carbons (Fsp3) is 0.278. The van der Waals surface area contributed by atoms with Gasteiger partial charge in [0.1, 0.15) is 5.82 Å². The molecule has 0 bridgehead atoms. The molecule has 0 fully saturated rings. The molecule has 0 saturated carbocycles. The van der Waals surface area contributed by atoms with Crippen LogP contribution in [0.25, 0.3) is 16.6 Å². The van der Waals surface area contributed by atoms with Crippen molar-refractivity contribution >= 4 is 16.6 Å². The van der Waals surface area contributed by atoms with E-state index in [1.54, 1.807) is 34.7 Å². The third kappa shape index (κ3) is 2.66. The third-order valence-corrected chi connectivity index (χ3v) is 4.47. The lowest BCUT2D eigenvalue weighted by molar-refractivity contribution is 0.167. The number of aliphatic hydroxyl groups is 1. The highest BCUT2D eigenvalue weighted by Crippen LogP contribution is 2.22. The molecule has 1 aromatic carbocycles. The van der Waals surface area contributed by atoms with Crippen molar-refractivity contribution in [3.05, 3.63) is 59.4 Å². The second-order valence-corrected chi connectivity index (χ2v) is 6.15. The Morgan fingerprint density at radius 3 is 2.88 bits per heavy atom. The third-order valence-electron chi connectivity index (χ3n) is 4.47. The van der Waals surface area contributed by atoms with E-state index in [9.17, 15) is 9.50 Å². The van der Waals surface area contributed by atoms with E-state index in [4.69, 9.17) is 0 Å². The quantitative estimate of drug-likeness (QED) is 0.621. The first-order chi connectivity index (χ1) is 12.1. The van der Waals surface area contributed by atoms with Gasteiger partial charge in [0.05, 0.1) is 35.4 Å². The number of nitrogens with zero attached hydrogens (tertiary/aromatic N) is 5. The van der Waals surface area contributed by atoms with Crippen LogP contribution in [0.5, 0.6) is 0 Å². The number of hydrogen-bond donors (Lipinski definition) is 1. The van der Waals surface area contributed by atoms with Crippen LogP contribution >= 0.6 is 0 Å². The molecule has 0 aliphatic rings. The highest BCUT2D eigenvalue weighted by molar-refractivity contribution is 5.79. The highest BCUT2D eigenvalue weighted by atomic mass is 19.1. The van der Waals surface area contributed by atoms with Gasteiger partial charge in [-0.05, 0) is 30.2 Å². The van der Waals surface area contributed by atoms with E-state index in [2.05, 4.69) is 15.2 Å². The number of rotatable bonds is 4. The molecule has 1 unspecified atom stereocenters. The summed E-state index contributed by atoms with van der Waals surface area (Å²) in [6, 6.07) is 6.89. The minimum atomic E-state index is -0.622. The molecule has 1 N–H and O–H groups in total. The fourth-order valence-electron chi connectivity index (χ4n) is 2.99. The number of hydrogen-bond acceptors (Lipinski definition) is 4. The van der Waals surface area contributed by atoms with Crippen LogP contribution in [0.1, 0.15) is 36.4 Å². The van der Waals surface area contributed by atoms with E-state index in [0.717, 1.165) is 16.6 Å². The molecule has 0 amide bonds. The second-order valence-electron chi connectivity index (χ2n) is 6.15. The molecule has 0 aliphatic carbocycles. The normalized spacial score (nSPS) is 13.0. The van der Waals surface area contributed by atoms with E-state index in [1.165, 1.54) is 6.07 Å². The number of benzene rings is 1. The molecule has 0 aliphatic heterocycles. The zero-order chi connectivity index (χ0) is 17.6. The Morgan fingerprint density at radius 2 is 2.08 bits per heavy atom. The summed E-state index contributed by atoms with van der Waals surface area (Å²) in [4.78, 5) is 4.32. The SMILES string of the molecule is CCC(O)c1ccc2ncc(Cc3cc4cnn(C)c4cc3F)n2n1. The molecule has 25 heavy (non-hydrogen) atoms. The largest absolute Gasteiger partial charge is 0.387 e. The van der Waals surface area contributed by atoms with Crippen LogP contribution in [-0.4, -0.2) is 29.5 Å². The van der Waals surface area contributed by atoms with Gasteiger partial charge in [-0.2, -0.15) is 10.2 Å². The van der Waals surface area contributed by atoms with Gasteiger partial charge in [-0.1, -0.05) is 6.92 Å². The van der Waals surface area contributed by atoms with Crippen molar-refractivity contribution in [3.8, 4) is 0 Å². The molecule has 128 valence electrons. The standard InChI is InChI=1S/C18H18FN5O/c1-3-17(25)15-4-5-18-20-10-13(24(18)22-15)7-11-6-12-9-21-23(2)16(12)8-14(11)19/h4-6,8-10,17,25H,3,7H2,1-2H3. The van der Waals surface area contributed by atoms with Crippen molar-refractivity contribution in [2.24, 2.45) is 7.05 Å². The predicted octanol–water partition coefficient (Wildman–Crippen LogP) is 2.79. The van der Waals surface area contributed by atoms with Crippen molar-refractivity contribution in [2.45, 2.75) is 25.9 Å². The van der Waals surface area contributed by atoms with E-state index < -0.39 is 6.10 Å². The Balaban J connectivity index is 1.76. The van der Waals surface area contributed by atoms with E-state index in [-0.39, 0.29) is 5.82 Å². The van der Waals surface area contributed by atoms with Crippen LogP contribution < -0.4 is 0 Å². The summed E-state index contributed by atoms with van der Waals surface area (Å²) in [5, 5.41) is 19.5. The maximum atomic E-state index is 14.5. The van der Waals surface area contributed by atoms with Gasteiger partial charge in [0.2, 0.25) is 0 Å². The van der Waals surface area contributed by atoms with E-state index >= 15 is 0 Å². The predicted molar refractivity (Wildman–Crippen MR) is 91.7 cm³/mol. The number of aryl methyl sites for hydroxylation is 1. The molecule has 3 aromatic heterocycles. The van der Waals surface area contributed by atoms with Crippen LogP contribution in [0, 0.1) is 5.82 Å². The topological polar surface area (TPSA) is 68.2 Å². The summed E-state index contributed by atoms with van der Waals surface area (Å²) in [6.45, 7) is 1.89. The van der Waals surface area contributed by atoms with Crippen LogP contribution in [0.2, 0.25) is 0 Å². The molecule has 6 nitrogen and oxygen atoms in total.